The van der Waals surface area contributed by atoms with Gasteiger partial charge in [0.15, 0.2) is 0 Å². The summed E-state index contributed by atoms with van der Waals surface area (Å²) in [5.74, 6) is -0.0302. The van der Waals surface area contributed by atoms with Gasteiger partial charge in [0.2, 0.25) is 0 Å². The normalized spacial score (nSPS) is 14.4. The molecule has 0 amide bonds. The standard InChI is InChI=1S/C26H26N2O5/c29-23-15-20(16-24(30)17-23)2-1-19-3-7-25(8-4-19)33-26(31)21-5-6-22(27-18-21)9-10-28-11-13-32-14-12-28/h1-8,15-18,29-30H,9-14H2. The van der Waals surface area contributed by atoms with Gasteiger partial charge in [0.05, 0.1) is 18.8 Å². The second-order valence-corrected chi connectivity index (χ2v) is 7.82. The fraction of sp³-hybridized carbons (Fsp3) is 0.231. The van der Waals surface area contributed by atoms with Gasteiger partial charge in [0.25, 0.3) is 0 Å². The molecule has 1 aliphatic rings. The molecule has 0 spiro atoms. The highest BCUT2D eigenvalue weighted by Gasteiger charge is 2.12. The third kappa shape index (κ3) is 6.65. The van der Waals surface area contributed by atoms with Crippen LogP contribution in [-0.2, 0) is 11.2 Å². The SMILES string of the molecule is O=C(Oc1ccc(C=Cc2cc(O)cc(O)c2)cc1)c1ccc(CCN2CCOCC2)nc1. The summed E-state index contributed by atoms with van der Waals surface area (Å²) in [5, 5.41) is 19.1. The number of aromatic hydroxyl groups is 2. The minimum absolute atomic E-state index is 0.00321. The summed E-state index contributed by atoms with van der Waals surface area (Å²) in [6, 6.07) is 15.0. The van der Waals surface area contributed by atoms with Crippen molar-refractivity contribution in [1.82, 2.24) is 9.88 Å². The molecule has 1 saturated heterocycles. The van der Waals surface area contributed by atoms with Crippen molar-refractivity contribution in [2.75, 3.05) is 32.8 Å². The highest BCUT2D eigenvalue weighted by molar-refractivity contribution is 5.90. The van der Waals surface area contributed by atoms with Crippen molar-refractivity contribution < 1.29 is 24.5 Å². The Morgan fingerprint density at radius 1 is 0.970 bits per heavy atom. The number of morpholine rings is 1. The summed E-state index contributed by atoms with van der Waals surface area (Å²) in [6.07, 6.45) is 5.98. The second-order valence-electron chi connectivity index (χ2n) is 7.82. The Kier molecular flexibility index (Phi) is 7.34. The summed E-state index contributed by atoms with van der Waals surface area (Å²) < 4.78 is 10.8. The van der Waals surface area contributed by atoms with Gasteiger partial charge in [-0.2, -0.15) is 0 Å². The third-order valence-corrected chi connectivity index (χ3v) is 5.33. The quantitative estimate of drug-likeness (QED) is 0.324. The van der Waals surface area contributed by atoms with Crippen molar-refractivity contribution in [1.29, 1.82) is 0 Å². The Bertz CT molecular complexity index is 1080. The maximum absolute atomic E-state index is 12.4. The largest absolute Gasteiger partial charge is 0.508 e. The van der Waals surface area contributed by atoms with Crippen LogP contribution in [0.2, 0.25) is 0 Å². The van der Waals surface area contributed by atoms with Crippen LogP contribution in [0.3, 0.4) is 0 Å². The van der Waals surface area contributed by atoms with Crippen LogP contribution in [0.4, 0.5) is 0 Å². The van der Waals surface area contributed by atoms with E-state index in [2.05, 4.69) is 9.88 Å². The Balaban J connectivity index is 1.30. The molecule has 1 aliphatic heterocycles. The number of benzene rings is 2. The molecule has 0 aliphatic carbocycles. The van der Waals surface area contributed by atoms with E-state index < -0.39 is 5.97 Å². The number of carbonyl (C=O) groups is 1. The van der Waals surface area contributed by atoms with Crippen molar-refractivity contribution in [3.63, 3.8) is 0 Å². The van der Waals surface area contributed by atoms with Crippen LogP contribution < -0.4 is 4.74 Å². The molecule has 0 atom stereocenters. The fourth-order valence-electron chi connectivity index (χ4n) is 3.51. The molecule has 7 heteroatoms. The molecule has 0 bridgehead atoms. The highest BCUT2D eigenvalue weighted by Crippen LogP contribution is 2.22. The van der Waals surface area contributed by atoms with Gasteiger partial charge in [0.1, 0.15) is 17.2 Å². The monoisotopic (exact) mass is 446 g/mol. The molecule has 2 heterocycles. The molecule has 4 rings (SSSR count). The smallest absolute Gasteiger partial charge is 0.345 e. The topological polar surface area (TPSA) is 92.1 Å². The number of ether oxygens (including phenoxy) is 2. The Morgan fingerprint density at radius 2 is 1.67 bits per heavy atom. The number of rotatable bonds is 7. The van der Waals surface area contributed by atoms with Gasteiger partial charge in [0, 0.05) is 44.0 Å². The van der Waals surface area contributed by atoms with Crippen LogP contribution in [0.25, 0.3) is 12.2 Å². The van der Waals surface area contributed by atoms with E-state index in [1.807, 2.05) is 24.3 Å². The predicted molar refractivity (Wildman–Crippen MR) is 125 cm³/mol. The minimum Gasteiger partial charge on any atom is -0.508 e. The van der Waals surface area contributed by atoms with Gasteiger partial charge in [-0.3, -0.25) is 9.88 Å². The lowest BCUT2D eigenvalue weighted by Gasteiger charge is -2.26. The molecule has 0 saturated carbocycles. The third-order valence-electron chi connectivity index (χ3n) is 5.33. The van der Waals surface area contributed by atoms with E-state index in [4.69, 9.17) is 9.47 Å². The van der Waals surface area contributed by atoms with Crippen molar-refractivity contribution >= 4 is 18.1 Å². The molecule has 1 aromatic heterocycles. The van der Waals surface area contributed by atoms with Gasteiger partial charge in [-0.15, -0.1) is 0 Å². The number of hydrogen-bond acceptors (Lipinski definition) is 7. The Hall–Kier alpha value is -3.68. The first-order chi connectivity index (χ1) is 16.0. The van der Waals surface area contributed by atoms with E-state index in [0.717, 1.165) is 50.5 Å². The average molecular weight is 447 g/mol. The molecule has 33 heavy (non-hydrogen) atoms. The number of phenolic OH excluding ortho intramolecular Hbond substituents is 2. The summed E-state index contributed by atoms with van der Waals surface area (Å²) in [5.41, 5.74) is 2.89. The maximum Gasteiger partial charge on any atom is 0.345 e. The number of aromatic nitrogens is 1. The zero-order valence-corrected chi connectivity index (χ0v) is 18.2. The molecule has 0 radical (unpaired) electrons. The number of hydrogen-bond donors (Lipinski definition) is 2. The van der Waals surface area contributed by atoms with Gasteiger partial charge in [-0.25, -0.2) is 4.79 Å². The first kappa shape index (κ1) is 22.5. The van der Waals surface area contributed by atoms with Crippen molar-refractivity contribution in [3.8, 4) is 17.2 Å². The van der Waals surface area contributed by atoms with Crippen LogP contribution in [0.5, 0.6) is 17.2 Å². The second kappa shape index (κ2) is 10.8. The van der Waals surface area contributed by atoms with Gasteiger partial charge in [-0.05, 0) is 47.5 Å². The van der Waals surface area contributed by atoms with Crippen LogP contribution in [0.15, 0.2) is 60.8 Å². The van der Waals surface area contributed by atoms with Crippen molar-refractivity contribution in [2.45, 2.75) is 6.42 Å². The molecule has 2 N–H and O–H groups in total. The van der Waals surface area contributed by atoms with E-state index in [9.17, 15) is 15.0 Å². The zero-order valence-electron chi connectivity index (χ0n) is 18.2. The lowest BCUT2D eigenvalue weighted by Crippen LogP contribution is -2.37. The van der Waals surface area contributed by atoms with Crippen molar-refractivity contribution in [2.24, 2.45) is 0 Å². The average Bonchev–Trinajstić information content (AvgIpc) is 2.83. The lowest BCUT2D eigenvalue weighted by molar-refractivity contribution is 0.0383. The number of nitrogens with zero attached hydrogens (tertiary/aromatic N) is 2. The first-order valence-corrected chi connectivity index (χ1v) is 10.8. The minimum atomic E-state index is -0.458. The van der Waals surface area contributed by atoms with Crippen LogP contribution in [0, 0.1) is 0 Å². The molecule has 7 nitrogen and oxygen atoms in total. The first-order valence-electron chi connectivity index (χ1n) is 10.8. The van der Waals surface area contributed by atoms with Crippen LogP contribution in [0.1, 0.15) is 27.2 Å². The van der Waals surface area contributed by atoms with Crippen molar-refractivity contribution in [3.05, 3.63) is 83.2 Å². The highest BCUT2D eigenvalue weighted by atomic mass is 16.5. The van der Waals surface area contributed by atoms with E-state index in [1.165, 1.54) is 6.07 Å². The van der Waals surface area contributed by atoms with Gasteiger partial charge in [-0.1, -0.05) is 24.3 Å². The number of pyridine rings is 1. The number of phenols is 2. The summed E-state index contributed by atoms with van der Waals surface area (Å²) in [4.78, 5) is 19.2. The Labute approximate surface area is 192 Å². The summed E-state index contributed by atoms with van der Waals surface area (Å²) in [7, 11) is 0. The number of esters is 1. The van der Waals surface area contributed by atoms with Crippen LogP contribution >= 0.6 is 0 Å². The molecular weight excluding hydrogens is 420 g/mol. The van der Waals surface area contributed by atoms with E-state index in [1.54, 1.807) is 42.6 Å². The fourth-order valence-corrected chi connectivity index (χ4v) is 3.51. The predicted octanol–water partition coefficient (Wildman–Crippen LogP) is 3.76. The van der Waals surface area contributed by atoms with E-state index in [0.29, 0.717) is 16.9 Å². The molecule has 3 aromatic rings. The van der Waals surface area contributed by atoms with Gasteiger partial charge >= 0.3 is 5.97 Å². The summed E-state index contributed by atoms with van der Waals surface area (Å²) >= 11 is 0. The molecule has 170 valence electrons. The van der Waals surface area contributed by atoms with E-state index in [-0.39, 0.29) is 11.5 Å². The van der Waals surface area contributed by atoms with Gasteiger partial charge < -0.3 is 19.7 Å². The molecule has 1 fully saturated rings. The molecule has 0 unspecified atom stereocenters. The van der Waals surface area contributed by atoms with E-state index >= 15 is 0 Å². The zero-order chi connectivity index (χ0) is 23.0. The van der Waals surface area contributed by atoms with Crippen LogP contribution in [-0.4, -0.2) is 58.9 Å². The molecular formula is C26H26N2O5. The summed E-state index contributed by atoms with van der Waals surface area (Å²) in [6.45, 7) is 4.36. The Morgan fingerprint density at radius 3 is 2.33 bits per heavy atom. The maximum atomic E-state index is 12.4. The molecule has 2 aromatic carbocycles. The lowest BCUT2D eigenvalue weighted by atomic mass is 10.1. The number of carbonyl (C=O) groups excluding carboxylic acids is 1.